The standard InChI is InChI=1S/C9H16N4O3/c1-4-9(3,8(14)15)13-7(6-16-5-2)10-11-12-13/h4-6H2,1-3H3,(H,14,15). The fraction of sp³-hybridized carbons (Fsp3) is 0.778. The number of tetrazole rings is 1. The van der Waals surface area contributed by atoms with Crippen molar-refractivity contribution < 1.29 is 14.6 Å². The molecule has 0 aromatic carbocycles. The number of carbonyl (C=O) groups is 1. The third-order valence-corrected chi connectivity index (χ3v) is 2.59. The van der Waals surface area contributed by atoms with Crippen molar-refractivity contribution in [3.05, 3.63) is 5.82 Å². The summed E-state index contributed by atoms with van der Waals surface area (Å²) in [4.78, 5) is 11.2. The molecule has 1 aromatic heterocycles. The van der Waals surface area contributed by atoms with Crippen molar-refractivity contribution in [2.75, 3.05) is 6.61 Å². The fourth-order valence-corrected chi connectivity index (χ4v) is 1.26. The van der Waals surface area contributed by atoms with Crippen LogP contribution in [0.25, 0.3) is 0 Å². The molecule has 0 aliphatic heterocycles. The summed E-state index contributed by atoms with van der Waals surface area (Å²) in [5.74, 6) is -0.534. The first-order valence-electron chi connectivity index (χ1n) is 5.15. The van der Waals surface area contributed by atoms with E-state index >= 15 is 0 Å². The SMILES string of the molecule is CCOCc1nnnn1C(C)(CC)C(=O)O. The van der Waals surface area contributed by atoms with E-state index in [1.807, 2.05) is 6.92 Å². The maximum atomic E-state index is 11.2. The Bertz CT molecular complexity index is 365. The number of rotatable bonds is 6. The van der Waals surface area contributed by atoms with Crippen molar-refractivity contribution in [3.8, 4) is 0 Å². The van der Waals surface area contributed by atoms with Crippen molar-refractivity contribution in [1.82, 2.24) is 20.2 Å². The Balaban J connectivity index is 3.01. The third kappa shape index (κ3) is 2.19. The van der Waals surface area contributed by atoms with Crippen molar-refractivity contribution in [3.63, 3.8) is 0 Å². The van der Waals surface area contributed by atoms with Gasteiger partial charge in [-0.05, 0) is 30.7 Å². The Kier molecular flexibility index (Phi) is 3.94. The number of aromatic nitrogens is 4. The van der Waals surface area contributed by atoms with Crippen molar-refractivity contribution in [2.45, 2.75) is 39.3 Å². The van der Waals surface area contributed by atoms with Crippen molar-refractivity contribution >= 4 is 5.97 Å². The van der Waals surface area contributed by atoms with E-state index in [0.29, 0.717) is 18.9 Å². The molecule has 0 saturated carbocycles. The summed E-state index contributed by atoms with van der Waals surface area (Å²) in [5.41, 5.74) is -1.13. The van der Waals surface area contributed by atoms with Gasteiger partial charge in [-0.2, -0.15) is 0 Å². The summed E-state index contributed by atoms with van der Waals surface area (Å²) < 4.78 is 6.49. The maximum Gasteiger partial charge on any atom is 0.331 e. The van der Waals surface area contributed by atoms with Crippen LogP contribution in [0.5, 0.6) is 0 Å². The Labute approximate surface area is 93.4 Å². The molecule has 90 valence electrons. The van der Waals surface area contributed by atoms with Crippen molar-refractivity contribution in [1.29, 1.82) is 0 Å². The van der Waals surface area contributed by atoms with E-state index in [0.717, 1.165) is 0 Å². The molecule has 7 heteroatoms. The first-order valence-corrected chi connectivity index (χ1v) is 5.15. The van der Waals surface area contributed by atoms with E-state index in [1.54, 1.807) is 13.8 Å². The molecule has 1 rings (SSSR count). The Hall–Kier alpha value is -1.50. The lowest BCUT2D eigenvalue weighted by molar-refractivity contribution is -0.147. The van der Waals surface area contributed by atoms with Crippen LogP contribution in [0.1, 0.15) is 33.0 Å². The quantitative estimate of drug-likeness (QED) is 0.758. The van der Waals surface area contributed by atoms with Crippen LogP contribution in [-0.4, -0.2) is 37.9 Å². The summed E-state index contributed by atoms with van der Waals surface area (Å²) in [6.07, 6.45) is 0.395. The molecule has 0 saturated heterocycles. The highest BCUT2D eigenvalue weighted by atomic mass is 16.5. The molecular weight excluding hydrogens is 212 g/mol. The second kappa shape index (κ2) is 5.02. The molecule has 0 spiro atoms. The van der Waals surface area contributed by atoms with Gasteiger partial charge < -0.3 is 9.84 Å². The van der Waals surface area contributed by atoms with Gasteiger partial charge >= 0.3 is 5.97 Å². The first kappa shape index (κ1) is 12.6. The van der Waals surface area contributed by atoms with Gasteiger partial charge in [0.2, 0.25) is 0 Å². The van der Waals surface area contributed by atoms with Crippen LogP contribution in [0.4, 0.5) is 0 Å². The normalized spacial score (nSPS) is 14.7. The third-order valence-electron chi connectivity index (χ3n) is 2.59. The number of aliphatic carboxylic acids is 1. The minimum Gasteiger partial charge on any atom is -0.479 e. The van der Waals surface area contributed by atoms with Gasteiger partial charge in [0.15, 0.2) is 11.4 Å². The Morgan fingerprint density at radius 1 is 1.56 bits per heavy atom. The van der Waals surface area contributed by atoms with E-state index in [1.165, 1.54) is 4.68 Å². The minimum absolute atomic E-state index is 0.215. The van der Waals surface area contributed by atoms with Crippen LogP contribution in [0, 0.1) is 0 Å². The number of carboxylic acids is 1. The van der Waals surface area contributed by atoms with Gasteiger partial charge in [0, 0.05) is 6.61 Å². The highest BCUT2D eigenvalue weighted by Gasteiger charge is 2.36. The first-order chi connectivity index (χ1) is 7.56. The fourth-order valence-electron chi connectivity index (χ4n) is 1.26. The van der Waals surface area contributed by atoms with Gasteiger partial charge in [0.25, 0.3) is 0 Å². The highest BCUT2D eigenvalue weighted by molar-refractivity contribution is 5.76. The zero-order valence-electron chi connectivity index (χ0n) is 9.67. The van der Waals surface area contributed by atoms with E-state index in [-0.39, 0.29) is 6.61 Å². The lowest BCUT2D eigenvalue weighted by Crippen LogP contribution is -2.40. The number of carboxylic acid groups (broad SMARTS) is 1. The predicted molar refractivity (Wildman–Crippen MR) is 54.7 cm³/mol. The summed E-state index contributed by atoms with van der Waals surface area (Å²) in [5, 5.41) is 20.2. The summed E-state index contributed by atoms with van der Waals surface area (Å²) in [6, 6.07) is 0. The molecular formula is C9H16N4O3. The van der Waals surface area contributed by atoms with Crippen LogP contribution in [0.3, 0.4) is 0 Å². The van der Waals surface area contributed by atoms with E-state index in [9.17, 15) is 9.90 Å². The van der Waals surface area contributed by atoms with Gasteiger partial charge in [-0.1, -0.05) is 6.92 Å². The average molecular weight is 228 g/mol. The van der Waals surface area contributed by atoms with Crippen LogP contribution < -0.4 is 0 Å². The smallest absolute Gasteiger partial charge is 0.331 e. The molecule has 1 heterocycles. The number of nitrogens with zero attached hydrogens (tertiary/aromatic N) is 4. The van der Waals surface area contributed by atoms with Crippen LogP contribution in [0.2, 0.25) is 0 Å². The van der Waals surface area contributed by atoms with Gasteiger partial charge in [-0.15, -0.1) is 5.10 Å². The lowest BCUT2D eigenvalue weighted by atomic mass is 9.99. The maximum absolute atomic E-state index is 11.2. The highest BCUT2D eigenvalue weighted by Crippen LogP contribution is 2.20. The van der Waals surface area contributed by atoms with Crippen LogP contribution >= 0.6 is 0 Å². The second-order valence-corrected chi connectivity index (χ2v) is 3.58. The van der Waals surface area contributed by atoms with E-state index < -0.39 is 11.5 Å². The van der Waals surface area contributed by atoms with E-state index in [4.69, 9.17) is 4.74 Å². The molecule has 0 aliphatic rings. The molecule has 0 aliphatic carbocycles. The summed E-state index contributed by atoms with van der Waals surface area (Å²) in [6.45, 7) is 5.96. The van der Waals surface area contributed by atoms with Gasteiger partial charge in [0.05, 0.1) is 0 Å². The molecule has 16 heavy (non-hydrogen) atoms. The lowest BCUT2D eigenvalue weighted by Gasteiger charge is -2.23. The average Bonchev–Trinajstić information content (AvgIpc) is 2.73. The summed E-state index contributed by atoms with van der Waals surface area (Å²) in [7, 11) is 0. The van der Waals surface area contributed by atoms with Crippen molar-refractivity contribution in [2.24, 2.45) is 0 Å². The molecule has 0 amide bonds. The molecule has 0 fully saturated rings. The number of hydrogen-bond donors (Lipinski definition) is 1. The molecule has 1 atom stereocenters. The molecule has 1 unspecified atom stereocenters. The predicted octanol–water partition coefficient (Wildman–Crippen LogP) is 0.419. The Morgan fingerprint density at radius 3 is 2.75 bits per heavy atom. The summed E-state index contributed by atoms with van der Waals surface area (Å²) >= 11 is 0. The molecule has 0 radical (unpaired) electrons. The van der Waals surface area contributed by atoms with Gasteiger partial charge in [0.1, 0.15) is 6.61 Å². The molecule has 1 N–H and O–H groups in total. The van der Waals surface area contributed by atoms with Crippen LogP contribution in [0.15, 0.2) is 0 Å². The second-order valence-electron chi connectivity index (χ2n) is 3.58. The largest absolute Gasteiger partial charge is 0.479 e. The minimum atomic E-state index is -1.13. The number of ether oxygens (including phenoxy) is 1. The molecule has 7 nitrogen and oxygen atoms in total. The van der Waals surface area contributed by atoms with Gasteiger partial charge in [-0.25, -0.2) is 9.48 Å². The van der Waals surface area contributed by atoms with Crippen LogP contribution in [-0.2, 0) is 21.7 Å². The zero-order valence-corrected chi connectivity index (χ0v) is 9.67. The topological polar surface area (TPSA) is 90.1 Å². The molecule has 1 aromatic rings. The number of hydrogen-bond acceptors (Lipinski definition) is 5. The Morgan fingerprint density at radius 2 is 2.25 bits per heavy atom. The zero-order chi connectivity index (χ0) is 12.2. The van der Waals surface area contributed by atoms with E-state index in [2.05, 4.69) is 15.5 Å². The monoisotopic (exact) mass is 228 g/mol. The van der Waals surface area contributed by atoms with Gasteiger partial charge in [-0.3, -0.25) is 0 Å². The molecule has 0 bridgehead atoms.